The number of rotatable bonds is 13. The number of benzene rings is 3. The predicted molar refractivity (Wildman–Crippen MR) is 155 cm³/mol. The van der Waals surface area contributed by atoms with E-state index in [-0.39, 0.29) is 24.6 Å². The third kappa shape index (κ3) is 7.36. The second-order valence-corrected chi connectivity index (χ2v) is 9.92. The number of carbonyl (C=O) groups is 2. The van der Waals surface area contributed by atoms with Gasteiger partial charge in [0.25, 0.3) is 0 Å². The van der Waals surface area contributed by atoms with Crippen LogP contribution in [-0.2, 0) is 48.2 Å². The topological polar surface area (TPSA) is 107 Å². The van der Waals surface area contributed by atoms with Crippen LogP contribution in [0.2, 0.25) is 0 Å². The normalized spacial score (nSPS) is 19.7. The lowest BCUT2D eigenvalue weighted by Gasteiger charge is -2.26. The number of nitrogens with zero attached hydrogens (tertiary/aromatic N) is 2. The molecule has 1 aliphatic heterocycles. The van der Waals surface area contributed by atoms with Gasteiger partial charge in [0.1, 0.15) is 18.3 Å². The first-order valence-corrected chi connectivity index (χ1v) is 13.9. The monoisotopic (exact) mass is 586 g/mol. The molecule has 1 fully saturated rings. The zero-order valence-corrected chi connectivity index (χ0v) is 24.0. The van der Waals surface area contributed by atoms with Crippen molar-refractivity contribution in [3.05, 3.63) is 125 Å². The maximum Gasteiger partial charge on any atom is 0.359 e. The van der Waals surface area contributed by atoms with Crippen molar-refractivity contribution in [2.45, 2.75) is 44.4 Å². The van der Waals surface area contributed by atoms with E-state index in [0.717, 1.165) is 16.7 Å². The van der Waals surface area contributed by atoms with Gasteiger partial charge in [-0.2, -0.15) is 0 Å². The fourth-order valence-corrected chi connectivity index (χ4v) is 4.94. The third-order valence-electron chi connectivity index (χ3n) is 7.08. The zero-order valence-electron chi connectivity index (χ0n) is 24.0. The van der Waals surface area contributed by atoms with Crippen molar-refractivity contribution in [1.82, 2.24) is 9.55 Å². The van der Waals surface area contributed by atoms with E-state index in [1.54, 1.807) is 0 Å². The van der Waals surface area contributed by atoms with Gasteiger partial charge < -0.3 is 28.4 Å². The van der Waals surface area contributed by atoms with Crippen molar-refractivity contribution in [2.75, 3.05) is 20.8 Å². The molecule has 1 aromatic heterocycles. The fourth-order valence-electron chi connectivity index (χ4n) is 4.94. The molecule has 224 valence electrons. The van der Waals surface area contributed by atoms with Gasteiger partial charge in [0.05, 0.1) is 47.0 Å². The molecule has 5 rings (SSSR count). The Morgan fingerprint density at radius 2 is 1.23 bits per heavy atom. The maximum atomic E-state index is 12.9. The summed E-state index contributed by atoms with van der Waals surface area (Å²) in [4.78, 5) is 29.6. The van der Waals surface area contributed by atoms with Crippen LogP contribution in [0.3, 0.4) is 0 Å². The summed E-state index contributed by atoms with van der Waals surface area (Å²) < 4.78 is 36.9. The highest BCUT2D eigenvalue weighted by Crippen LogP contribution is 2.37. The van der Waals surface area contributed by atoms with Gasteiger partial charge in [-0.1, -0.05) is 91.0 Å². The number of hydrogen-bond donors (Lipinski definition) is 0. The molecule has 0 bridgehead atoms. The quantitative estimate of drug-likeness (QED) is 0.205. The number of esters is 2. The molecule has 1 aliphatic rings. The Morgan fingerprint density at radius 3 is 1.77 bits per heavy atom. The van der Waals surface area contributed by atoms with E-state index in [1.165, 1.54) is 25.1 Å². The lowest BCUT2D eigenvalue weighted by molar-refractivity contribution is -0.0918. The van der Waals surface area contributed by atoms with E-state index >= 15 is 0 Å². The summed E-state index contributed by atoms with van der Waals surface area (Å²) in [6, 6.07) is 29.3. The second-order valence-electron chi connectivity index (χ2n) is 9.92. The smallest absolute Gasteiger partial charge is 0.359 e. The maximum absolute atomic E-state index is 12.9. The Hall–Kier alpha value is -4.35. The van der Waals surface area contributed by atoms with Crippen molar-refractivity contribution in [3.8, 4) is 0 Å². The summed E-state index contributed by atoms with van der Waals surface area (Å²) in [6.07, 6.45) is -1.48. The second kappa shape index (κ2) is 14.7. The van der Waals surface area contributed by atoms with E-state index in [9.17, 15) is 9.59 Å². The number of imidazole rings is 1. The molecule has 3 aromatic carbocycles. The number of methoxy groups -OCH3 is 2. The molecule has 2 heterocycles. The molecular weight excluding hydrogens is 552 g/mol. The third-order valence-corrected chi connectivity index (χ3v) is 7.08. The molecule has 0 aliphatic carbocycles. The van der Waals surface area contributed by atoms with Crippen LogP contribution in [0.15, 0.2) is 97.3 Å². The van der Waals surface area contributed by atoms with Crippen LogP contribution in [0.4, 0.5) is 0 Å². The first-order chi connectivity index (χ1) is 21.1. The SMILES string of the molecule is COC(=O)c1ncn(C2OC(COCc3ccccc3)C(OCc3ccccc3)C2OCc2ccccc2)c1C(=O)OC. The van der Waals surface area contributed by atoms with Crippen LogP contribution in [0.25, 0.3) is 0 Å². The minimum absolute atomic E-state index is 0.111. The van der Waals surface area contributed by atoms with Crippen molar-refractivity contribution < 1.29 is 38.0 Å². The van der Waals surface area contributed by atoms with Gasteiger partial charge >= 0.3 is 11.9 Å². The van der Waals surface area contributed by atoms with Crippen LogP contribution in [0, 0.1) is 0 Å². The van der Waals surface area contributed by atoms with Gasteiger partial charge in [-0.3, -0.25) is 4.57 Å². The summed E-state index contributed by atoms with van der Waals surface area (Å²) >= 11 is 0. The van der Waals surface area contributed by atoms with Gasteiger partial charge in [0, 0.05) is 0 Å². The lowest BCUT2D eigenvalue weighted by atomic mass is 10.1. The van der Waals surface area contributed by atoms with E-state index < -0.39 is 36.5 Å². The summed E-state index contributed by atoms with van der Waals surface area (Å²) in [5, 5.41) is 0. The largest absolute Gasteiger partial charge is 0.464 e. The summed E-state index contributed by atoms with van der Waals surface area (Å²) in [7, 11) is 2.44. The zero-order chi connectivity index (χ0) is 30.0. The average molecular weight is 587 g/mol. The highest BCUT2D eigenvalue weighted by molar-refractivity contribution is 6.00. The number of aromatic nitrogens is 2. The van der Waals surface area contributed by atoms with Crippen LogP contribution < -0.4 is 0 Å². The van der Waals surface area contributed by atoms with Crippen molar-refractivity contribution in [1.29, 1.82) is 0 Å². The Kier molecular flexibility index (Phi) is 10.3. The molecule has 1 saturated heterocycles. The molecular formula is C33H34N2O8. The summed E-state index contributed by atoms with van der Waals surface area (Å²) in [6.45, 7) is 1.10. The van der Waals surface area contributed by atoms with Crippen LogP contribution >= 0.6 is 0 Å². The van der Waals surface area contributed by atoms with Crippen molar-refractivity contribution in [2.24, 2.45) is 0 Å². The molecule has 0 amide bonds. The molecule has 0 N–H and O–H groups in total. The van der Waals surface area contributed by atoms with Crippen molar-refractivity contribution >= 4 is 11.9 Å². The Morgan fingerprint density at radius 1 is 0.721 bits per heavy atom. The summed E-state index contributed by atoms with van der Waals surface area (Å²) in [5.41, 5.74) is 2.63. The van der Waals surface area contributed by atoms with E-state index in [0.29, 0.717) is 13.2 Å². The molecule has 0 spiro atoms. The number of carbonyl (C=O) groups excluding carboxylic acids is 2. The Bertz CT molecular complexity index is 1460. The molecule has 0 saturated carbocycles. The van der Waals surface area contributed by atoms with Crippen molar-refractivity contribution in [3.63, 3.8) is 0 Å². The van der Waals surface area contributed by atoms with Gasteiger partial charge in [0.2, 0.25) is 0 Å². The van der Waals surface area contributed by atoms with Gasteiger partial charge in [-0.25, -0.2) is 14.6 Å². The predicted octanol–water partition coefficient (Wildman–Crippen LogP) is 4.74. The van der Waals surface area contributed by atoms with Crippen LogP contribution in [0.1, 0.15) is 43.9 Å². The van der Waals surface area contributed by atoms with Crippen LogP contribution in [0.5, 0.6) is 0 Å². The van der Waals surface area contributed by atoms with E-state index in [2.05, 4.69) is 4.98 Å². The first-order valence-electron chi connectivity index (χ1n) is 13.9. The minimum Gasteiger partial charge on any atom is -0.464 e. The molecule has 10 nitrogen and oxygen atoms in total. The highest BCUT2D eigenvalue weighted by Gasteiger charge is 2.49. The Labute approximate surface area is 250 Å². The molecule has 4 unspecified atom stereocenters. The average Bonchev–Trinajstić information content (AvgIpc) is 3.65. The van der Waals surface area contributed by atoms with Gasteiger partial charge in [-0.15, -0.1) is 0 Å². The summed E-state index contributed by atoms with van der Waals surface area (Å²) in [5.74, 6) is -1.55. The number of ether oxygens (including phenoxy) is 6. The van der Waals surface area contributed by atoms with Gasteiger partial charge in [-0.05, 0) is 16.7 Å². The molecule has 43 heavy (non-hydrogen) atoms. The molecule has 4 aromatic rings. The van der Waals surface area contributed by atoms with Crippen LogP contribution in [-0.4, -0.2) is 60.6 Å². The molecule has 4 atom stereocenters. The highest BCUT2D eigenvalue weighted by atomic mass is 16.6. The Balaban J connectivity index is 1.48. The van der Waals surface area contributed by atoms with E-state index in [1.807, 2.05) is 91.0 Å². The fraction of sp³-hybridized carbons (Fsp3) is 0.303. The molecule has 0 radical (unpaired) electrons. The van der Waals surface area contributed by atoms with Gasteiger partial charge in [0.15, 0.2) is 17.6 Å². The first kappa shape index (κ1) is 30.1. The molecule has 10 heteroatoms. The minimum atomic E-state index is -0.908. The van der Waals surface area contributed by atoms with E-state index in [4.69, 9.17) is 28.4 Å². The lowest BCUT2D eigenvalue weighted by Crippen LogP contribution is -2.38. The standard InChI is InChI=1S/C33H34N2O8/c1-38-32(36)27-28(33(37)39-2)35(22-34-27)31-30(42-20-25-16-10-5-11-17-25)29(41-19-24-14-8-4-9-15-24)26(43-31)21-40-18-23-12-6-3-7-13-23/h3-17,22,26,29-31H,18-21H2,1-2H3. The number of hydrogen-bond acceptors (Lipinski definition) is 9.